The number of fused-ring (bicyclic) bond motifs is 3. The maximum Gasteiger partial charge on any atom is 0.254 e. The molecule has 0 saturated heterocycles. The lowest BCUT2D eigenvalue weighted by Crippen LogP contribution is -2.48. The van der Waals surface area contributed by atoms with E-state index >= 15 is 0 Å². The second-order valence-electron chi connectivity index (χ2n) is 11.1. The molecule has 2 aliphatic carbocycles. The SMILES string of the molecule is O=NC(CN1CCc2ccccc2C1)CN1CC2(CC2)c2cnc(NC3CCCCC3)cc2C1=O. The summed E-state index contributed by atoms with van der Waals surface area (Å²) in [5, 5.41) is 7.05. The zero-order valence-electron chi connectivity index (χ0n) is 20.4. The Labute approximate surface area is 207 Å². The van der Waals surface area contributed by atoms with E-state index < -0.39 is 6.04 Å². The third kappa shape index (κ3) is 4.58. The first-order valence-corrected chi connectivity index (χ1v) is 13.3. The molecule has 2 saturated carbocycles. The van der Waals surface area contributed by atoms with Gasteiger partial charge in [-0.3, -0.25) is 9.69 Å². The summed E-state index contributed by atoms with van der Waals surface area (Å²) < 4.78 is 0. The first-order chi connectivity index (χ1) is 17.1. The molecule has 2 aromatic rings. The van der Waals surface area contributed by atoms with Crippen molar-refractivity contribution in [1.82, 2.24) is 14.8 Å². The van der Waals surface area contributed by atoms with E-state index in [1.807, 2.05) is 17.2 Å². The molecule has 35 heavy (non-hydrogen) atoms. The van der Waals surface area contributed by atoms with Crippen molar-refractivity contribution in [3.63, 3.8) is 0 Å². The fourth-order valence-electron chi connectivity index (χ4n) is 6.40. The highest BCUT2D eigenvalue weighted by atomic mass is 16.3. The van der Waals surface area contributed by atoms with Gasteiger partial charge in [-0.2, -0.15) is 4.91 Å². The van der Waals surface area contributed by atoms with Gasteiger partial charge in [-0.15, -0.1) is 0 Å². The highest BCUT2D eigenvalue weighted by Gasteiger charge is 2.52. The molecule has 0 bridgehead atoms. The van der Waals surface area contributed by atoms with E-state index in [-0.39, 0.29) is 11.3 Å². The molecule has 1 unspecified atom stereocenters. The normalized spacial score (nSPS) is 22.4. The summed E-state index contributed by atoms with van der Waals surface area (Å²) in [6, 6.07) is 10.5. The molecule has 1 N–H and O–H groups in total. The summed E-state index contributed by atoms with van der Waals surface area (Å²) in [4.78, 5) is 34.4. The average molecular weight is 474 g/mol. The molecular weight excluding hydrogens is 438 g/mol. The van der Waals surface area contributed by atoms with Gasteiger partial charge in [0.2, 0.25) is 0 Å². The number of nitrogens with zero attached hydrogens (tertiary/aromatic N) is 4. The van der Waals surface area contributed by atoms with Crippen LogP contribution < -0.4 is 5.32 Å². The number of amides is 1. The highest BCUT2D eigenvalue weighted by Crippen LogP contribution is 2.52. The maximum atomic E-state index is 13.6. The molecule has 1 aromatic heterocycles. The molecule has 184 valence electrons. The number of rotatable bonds is 7. The number of anilines is 1. The van der Waals surface area contributed by atoms with E-state index in [4.69, 9.17) is 4.98 Å². The van der Waals surface area contributed by atoms with Crippen LogP contribution in [0.4, 0.5) is 5.82 Å². The summed E-state index contributed by atoms with van der Waals surface area (Å²) in [6.45, 7) is 3.41. The Kier molecular flexibility index (Phi) is 6.04. The second-order valence-corrected chi connectivity index (χ2v) is 11.1. The molecule has 7 heteroatoms. The quantitative estimate of drug-likeness (QED) is 0.599. The summed E-state index contributed by atoms with van der Waals surface area (Å²) in [5.41, 5.74) is 4.59. The lowest BCUT2D eigenvalue weighted by Gasteiger charge is -2.37. The summed E-state index contributed by atoms with van der Waals surface area (Å²) >= 11 is 0. The summed E-state index contributed by atoms with van der Waals surface area (Å²) in [7, 11) is 0. The van der Waals surface area contributed by atoms with Crippen LogP contribution in [0.25, 0.3) is 0 Å². The number of nitrogens with one attached hydrogen (secondary N) is 1. The minimum Gasteiger partial charge on any atom is -0.367 e. The lowest BCUT2D eigenvalue weighted by atomic mass is 9.87. The number of hydrogen-bond acceptors (Lipinski definition) is 6. The Hall–Kier alpha value is -2.80. The number of aromatic nitrogens is 1. The zero-order chi connectivity index (χ0) is 23.8. The van der Waals surface area contributed by atoms with Crippen LogP contribution >= 0.6 is 0 Å². The molecule has 1 spiro atoms. The number of pyridine rings is 1. The van der Waals surface area contributed by atoms with E-state index in [9.17, 15) is 9.70 Å². The standard InChI is InChI=1S/C28H35N5O2/c34-27-24-14-26(30-22-8-2-1-3-9-22)29-15-25(24)28(11-12-28)19-33(27)18-23(31-35)17-32-13-10-20-6-4-5-7-21(20)16-32/h4-7,14-15,22-23H,1-3,8-13,16-19H2,(H,29,30). The number of benzene rings is 1. The van der Waals surface area contributed by atoms with Crippen LogP contribution in [0.5, 0.6) is 0 Å². The number of nitroso groups, excluding NO2 is 1. The Bertz CT molecular complexity index is 1110. The van der Waals surface area contributed by atoms with Crippen LogP contribution in [-0.2, 0) is 18.4 Å². The van der Waals surface area contributed by atoms with Crippen molar-refractivity contribution in [1.29, 1.82) is 0 Å². The predicted octanol–water partition coefficient (Wildman–Crippen LogP) is 4.51. The van der Waals surface area contributed by atoms with Crippen LogP contribution in [0, 0.1) is 4.91 Å². The molecule has 3 heterocycles. The van der Waals surface area contributed by atoms with E-state index in [1.165, 1.54) is 30.4 Å². The van der Waals surface area contributed by atoms with Crippen LogP contribution in [0.2, 0.25) is 0 Å². The molecule has 1 amide bonds. The van der Waals surface area contributed by atoms with Gasteiger partial charge in [0, 0.05) is 55.9 Å². The van der Waals surface area contributed by atoms with Crippen LogP contribution in [0.15, 0.2) is 41.7 Å². The van der Waals surface area contributed by atoms with E-state index in [0.29, 0.717) is 25.7 Å². The topological polar surface area (TPSA) is 77.9 Å². The van der Waals surface area contributed by atoms with Crippen LogP contribution in [-0.4, -0.2) is 59.0 Å². The van der Waals surface area contributed by atoms with Gasteiger partial charge < -0.3 is 10.2 Å². The van der Waals surface area contributed by atoms with Crippen LogP contribution in [0.3, 0.4) is 0 Å². The molecule has 6 rings (SSSR count). The fourth-order valence-corrected chi connectivity index (χ4v) is 6.40. The van der Waals surface area contributed by atoms with Gasteiger partial charge in [-0.1, -0.05) is 48.7 Å². The zero-order valence-corrected chi connectivity index (χ0v) is 20.4. The van der Waals surface area contributed by atoms with Gasteiger partial charge in [0.15, 0.2) is 0 Å². The second kappa shape index (κ2) is 9.34. The van der Waals surface area contributed by atoms with Crippen molar-refractivity contribution in [3.8, 4) is 0 Å². The predicted molar refractivity (Wildman–Crippen MR) is 137 cm³/mol. The molecule has 7 nitrogen and oxygen atoms in total. The summed E-state index contributed by atoms with van der Waals surface area (Å²) in [6.07, 6.45) is 11.2. The van der Waals surface area contributed by atoms with Crippen LogP contribution in [0.1, 0.15) is 72.0 Å². The molecule has 2 aliphatic heterocycles. The van der Waals surface area contributed by atoms with Crippen molar-refractivity contribution in [2.45, 2.75) is 75.4 Å². The molecule has 2 fully saturated rings. The third-order valence-corrected chi connectivity index (χ3v) is 8.56. The first-order valence-electron chi connectivity index (χ1n) is 13.3. The lowest BCUT2D eigenvalue weighted by molar-refractivity contribution is 0.0690. The van der Waals surface area contributed by atoms with E-state index in [2.05, 4.69) is 39.7 Å². The molecule has 0 radical (unpaired) electrons. The largest absolute Gasteiger partial charge is 0.367 e. The molecule has 1 aromatic carbocycles. The summed E-state index contributed by atoms with van der Waals surface area (Å²) in [5.74, 6) is 0.822. The van der Waals surface area contributed by atoms with Gasteiger partial charge in [-0.05, 0) is 54.9 Å². The average Bonchev–Trinajstić information content (AvgIpc) is 3.67. The number of carbonyl (C=O) groups excluding carboxylic acids is 1. The Morgan fingerprint density at radius 2 is 1.91 bits per heavy atom. The molecule has 1 atom stereocenters. The smallest absolute Gasteiger partial charge is 0.254 e. The maximum absolute atomic E-state index is 13.6. The third-order valence-electron chi connectivity index (χ3n) is 8.56. The van der Waals surface area contributed by atoms with Crippen molar-refractivity contribution < 1.29 is 4.79 Å². The minimum absolute atomic E-state index is 0.0110. The van der Waals surface area contributed by atoms with Gasteiger partial charge in [0.1, 0.15) is 11.9 Å². The minimum atomic E-state index is -0.428. The van der Waals surface area contributed by atoms with Crippen molar-refractivity contribution >= 4 is 11.7 Å². The van der Waals surface area contributed by atoms with Gasteiger partial charge in [0.25, 0.3) is 5.91 Å². The van der Waals surface area contributed by atoms with Crippen molar-refractivity contribution in [3.05, 3.63) is 63.7 Å². The number of carbonyl (C=O) groups is 1. The van der Waals surface area contributed by atoms with Gasteiger partial charge >= 0.3 is 0 Å². The monoisotopic (exact) mass is 473 g/mol. The molecule has 4 aliphatic rings. The first kappa shape index (κ1) is 22.7. The van der Waals surface area contributed by atoms with Crippen molar-refractivity contribution in [2.24, 2.45) is 5.18 Å². The van der Waals surface area contributed by atoms with Gasteiger partial charge in [0.05, 0.1) is 0 Å². The fraction of sp³-hybridized carbons (Fsp3) is 0.571. The Morgan fingerprint density at radius 3 is 2.69 bits per heavy atom. The Balaban J connectivity index is 1.16. The van der Waals surface area contributed by atoms with Gasteiger partial charge in [-0.25, -0.2) is 4.98 Å². The van der Waals surface area contributed by atoms with Crippen molar-refractivity contribution in [2.75, 3.05) is 31.5 Å². The molecular formula is C28H35N5O2. The van der Waals surface area contributed by atoms with E-state index in [1.54, 1.807) is 0 Å². The Morgan fingerprint density at radius 1 is 1.11 bits per heavy atom. The number of hydrogen-bond donors (Lipinski definition) is 1. The highest BCUT2D eigenvalue weighted by molar-refractivity contribution is 5.98. The van der Waals surface area contributed by atoms with E-state index in [0.717, 1.165) is 62.1 Å².